The second kappa shape index (κ2) is 8.36. The van der Waals surface area contributed by atoms with E-state index in [-0.39, 0.29) is 22.9 Å². The maximum absolute atomic E-state index is 13.1. The summed E-state index contributed by atoms with van der Waals surface area (Å²) in [7, 11) is 1.63. The molecular weight excluding hydrogens is 431 g/mol. The summed E-state index contributed by atoms with van der Waals surface area (Å²) in [5.74, 6) is -0.906. The lowest BCUT2D eigenvalue weighted by Crippen LogP contribution is -2.34. The van der Waals surface area contributed by atoms with Crippen LogP contribution in [0.4, 0.5) is 35.2 Å². The third kappa shape index (κ3) is 5.07. The van der Waals surface area contributed by atoms with Gasteiger partial charge in [0.2, 0.25) is 0 Å². The average molecular weight is 451 g/mol. The van der Waals surface area contributed by atoms with Crippen LogP contribution in [0.25, 0.3) is 11.4 Å². The Kier molecular flexibility index (Phi) is 5.97. The predicted octanol–water partition coefficient (Wildman–Crippen LogP) is 4.56. The van der Waals surface area contributed by atoms with Gasteiger partial charge in [0.1, 0.15) is 5.60 Å². The molecule has 0 saturated carbocycles. The van der Waals surface area contributed by atoms with Gasteiger partial charge in [0.05, 0.1) is 28.7 Å². The van der Waals surface area contributed by atoms with E-state index in [1.54, 1.807) is 27.8 Å². The maximum atomic E-state index is 13.1. The molecule has 3 rings (SSSR count). The van der Waals surface area contributed by atoms with E-state index in [2.05, 4.69) is 25.0 Å². The average Bonchev–Trinajstić information content (AvgIpc) is 3.13. The van der Waals surface area contributed by atoms with Crippen molar-refractivity contribution in [1.82, 2.24) is 15.1 Å². The lowest BCUT2D eigenvalue weighted by Gasteiger charge is -2.28. The van der Waals surface area contributed by atoms with Crippen LogP contribution in [0.3, 0.4) is 0 Å². The van der Waals surface area contributed by atoms with Crippen molar-refractivity contribution in [1.29, 1.82) is 0 Å². The highest BCUT2D eigenvalue weighted by atomic mass is 19.4. The summed E-state index contributed by atoms with van der Waals surface area (Å²) in [5, 5.41) is 6.51. The third-order valence-electron chi connectivity index (χ3n) is 4.09. The van der Waals surface area contributed by atoms with Crippen molar-refractivity contribution >= 4 is 23.3 Å². The number of amides is 1. The molecule has 32 heavy (non-hydrogen) atoms. The van der Waals surface area contributed by atoms with Crippen LogP contribution >= 0.6 is 0 Å². The number of rotatable bonds is 4. The number of halogens is 3. The van der Waals surface area contributed by atoms with Gasteiger partial charge in [-0.1, -0.05) is 5.16 Å². The summed E-state index contributed by atoms with van der Waals surface area (Å²) >= 11 is 0. The summed E-state index contributed by atoms with van der Waals surface area (Å²) in [6.45, 7) is 4.93. The van der Waals surface area contributed by atoms with Gasteiger partial charge in [-0.15, -0.1) is 0 Å². The van der Waals surface area contributed by atoms with Crippen molar-refractivity contribution in [3.8, 4) is 11.4 Å². The van der Waals surface area contributed by atoms with Crippen molar-refractivity contribution in [2.24, 2.45) is 0 Å². The topological polar surface area (TPSA) is 113 Å². The molecule has 9 nitrogen and oxygen atoms in total. The van der Waals surface area contributed by atoms with Gasteiger partial charge in [-0.3, -0.25) is 9.51 Å². The quantitative estimate of drug-likeness (QED) is 0.598. The van der Waals surface area contributed by atoms with Crippen molar-refractivity contribution in [2.45, 2.75) is 32.5 Å². The lowest BCUT2D eigenvalue weighted by molar-refractivity contribution is -0.137. The highest BCUT2D eigenvalue weighted by Crippen LogP contribution is 2.36. The number of alkyl halides is 3. The molecule has 0 aliphatic carbocycles. The number of carbonyl (C=O) groups excluding carboxylic acids is 1. The zero-order chi connectivity index (χ0) is 23.7. The van der Waals surface area contributed by atoms with Crippen molar-refractivity contribution in [3.05, 3.63) is 52.6 Å². The van der Waals surface area contributed by atoms with Gasteiger partial charge in [0, 0.05) is 7.05 Å². The van der Waals surface area contributed by atoms with Crippen LogP contribution in [-0.4, -0.2) is 33.9 Å². The minimum atomic E-state index is -4.55. The van der Waals surface area contributed by atoms with Crippen LogP contribution in [0.1, 0.15) is 26.3 Å². The Hall–Kier alpha value is -3.83. The van der Waals surface area contributed by atoms with E-state index in [9.17, 15) is 22.8 Å². The van der Waals surface area contributed by atoms with Crippen molar-refractivity contribution in [2.75, 3.05) is 17.3 Å². The third-order valence-corrected chi connectivity index (χ3v) is 4.09. The first-order valence-electron chi connectivity index (χ1n) is 9.33. The molecule has 0 saturated heterocycles. The number of pyridine rings is 1. The number of anilines is 3. The number of hydrogen-bond acceptors (Lipinski definition) is 7. The number of H-pyrrole nitrogens is 1. The molecule has 0 spiro atoms. The molecule has 0 bridgehead atoms. The molecule has 0 radical (unpaired) electrons. The second-order valence-corrected chi connectivity index (χ2v) is 7.65. The zero-order valence-corrected chi connectivity index (χ0v) is 17.6. The molecule has 0 atom stereocenters. The van der Waals surface area contributed by atoms with E-state index < -0.39 is 29.2 Å². The van der Waals surface area contributed by atoms with Crippen molar-refractivity contribution < 1.29 is 27.2 Å². The maximum Gasteiger partial charge on any atom is 0.439 e. The summed E-state index contributed by atoms with van der Waals surface area (Å²) in [6.07, 6.45) is -4.04. The first kappa shape index (κ1) is 22.8. The van der Waals surface area contributed by atoms with Crippen molar-refractivity contribution in [3.63, 3.8) is 0 Å². The number of carbonyl (C=O) groups is 1. The standard InChI is InChI=1S/C20H20F3N5O4/c1-19(2,3)31-18(30)28(13-7-5-11(6-8-13)20(21,22)23)16-14(9-12(24-4)10-25-16)15-26-17(29)32-27-15/h5-10,24H,1-4H3,(H,26,27,29). The molecule has 12 heteroatoms. The van der Waals surface area contributed by atoms with Gasteiger partial charge >= 0.3 is 18.0 Å². The molecule has 1 amide bonds. The smallest absolute Gasteiger partial charge is 0.439 e. The van der Waals surface area contributed by atoms with Crippen LogP contribution in [0.2, 0.25) is 0 Å². The first-order chi connectivity index (χ1) is 14.9. The minimum absolute atomic E-state index is 0.0323. The van der Waals surface area contributed by atoms with Gasteiger partial charge in [-0.25, -0.2) is 19.5 Å². The fourth-order valence-electron chi connectivity index (χ4n) is 2.71. The fourth-order valence-corrected chi connectivity index (χ4v) is 2.71. The van der Waals surface area contributed by atoms with Crippen LogP contribution in [0.5, 0.6) is 0 Å². The molecule has 0 aliphatic rings. The molecule has 170 valence electrons. The van der Waals surface area contributed by atoms with E-state index in [0.717, 1.165) is 29.2 Å². The van der Waals surface area contributed by atoms with E-state index in [0.29, 0.717) is 5.69 Å². The monoisotopic (exact) mass is 451 g/mol. The van der Waals surface area contributed by atoms with E-state index in [1.807, 2.05) is 0 Å². The summed E-state index contributed by atoms with van der Waals surface area (Å²) in [6, 6.07) is 5.46. The fraction of sp³-hybridized carbons (Fsp3) is 0.300. The van der Waals surface area contributed by atoms with Gasteiger partial charge < -0.3 is 10.1 Å². The first-order valence-corrected chi connectivity index (χ1v) is 9.33. The number of nitrogens with one attached hydrogen (secondary N) is 2. The summed E-state index contributed by atoms with van der Waals surface area (Å²) in [5.41, 5.74) is -1.04. The molecule has 0 fully saturated rings. The lowest BCUT2D eigenvalue weighted by atomic mass is 10.1. The highest BCUT2D eigenvalue weighted by molar-refractivity contribution is 5.99. The zero-order valence-electron chi connectivity index (χ0n) is 17.6. The SMILES string of the molecule is CNc1cnc(N(C(=O)OC(C)(C)C)c2ccc(C(F)(F)F)cc2)c(-c2noc(=O)[nH]2)c1. The van der Waals surface area contributed by atoms with E-state index >= 15 is 0 Å². The van der Waals surface area contributed by atoms with Gasteiger partial charge in [0.15, 0.2) is 11.6 Å². The number of aromatic nitrogens is 3. The van der Waals surface area contributed by atoms with Crippen LogP contribution in [0.15, 0.2) is 45.8 Å². The Morgan fingerprint density at radius 2 is 1.84 bits per heavy atom. The van der Waals surface area contributed by atoms with Gasteiger partial charge in [-0.05, 0) is 51.1 Å². The number of aromatic amines is 1. The minimum Gasteiger partial charge on any atom is -0.443 e. The highest BCUT2D eigenvalue weighted by Gasteiger charge is 2.32. The molecular formula is C20H20F3N5O4. The molecule has 2 aromatic heterocycles. The second-order valence-electron chi connectivity index (χ2n) is 7.65. The molecule has 3 aromatic rings. The summed E-state index contributed by atoms with van der Waals surface area (Å²) in [4.78, 5) is 32.2. The van der Waals surface area contributed by atoms with Crippen LogP contribution in [-0.2, 0) is 10.9 Å². The molecule has 0 unspecified atom stereocenters. The number of benzene rings is 1. The number of ether oxygens (including phenoxy) is 1. The number of nitrogens with zero attached hydrogens (tertiary/aromatic N) is 3. The Bertz CT molecular complexity index is 1160. The molecule has 0 aliphatic heterocycles. The number of hydrogen-bond donors (Lipinski definition) is 2. The largest absolute Gasteiger partial charge is 0.443 e. The Morgan fingerprint density at radius 1 is 1.19 bits per heavy atom. The summed E-state index contributed by atoms with van der Waals surface area (Å²) < 4.78 is 49.1. The van der Waals surface area contributed by atoms with Gasteiger partial charge in [0.25, 0.3) is 0 Å². The molecule has 2 heterocycles. The van der Waals surface area contributed by atoms with Crippen LogP contribution in [0, 0.1) is 0 Å². The molecule has 1 aromatic carbocycles. The normalized spacial score (nSPS) is 11.8. The molecule has 2 N–H and O–H groups in total. The Morgan fingerprint density at radius 3 is 2.34 bits per heavy atom. The van der Waals surface area contributed by atoms with Gasteiger partial charge in [-0.2, -0.15) is 13.2 Å². The van der Waals surface area contributed by atoms with E-state index in [4.69, 9.17) is 4.74 Å². The Labute approximate surface area is 180 Å². The Balaban J connectivity index is 2.20. The van der Waals surface area contributed by atoms with E-state index in [1.165, 1.54) is 12.3 Å². The predicted molar refractivity (Wildman–Crippen MR) is 110 cm³/mol. The van der Waals surface area contributed by atoms with Crippen LogP contribution < -0.4 is 16.0 Å².